The van der Waals surface area contributed by atoms with Crippen LogP contribution >= 0.6 is 24.8 Å². The molecule has 0 unspecified atom stereocenters. The maximum atomic E-state index is 12.7. The quantitative estimate of drug-likeness (QED) is 0.811. The van der Waals surface area contributed by atoms with E-state index in [2.05, 4.69) is 34.0 Å². The Bertz CT molecular complexity index is 854. The van der Waals surface area contributed by atoms with Crippen LogP contribution in [0.25, 0.3) is 0 Å². The number of nitrogens with zero attached hydrogens (tertiary/aromatic N) is 3. The minimum Gasteiger partial charge on any atom is -0.497 e. The fourth-order valence-corrected chi connectivity index (χ4v) is 4.35. The van der Waals surface area contributed by atoms with Gasteiger partial charge in [0.25, 0.3) is 11.5 Å². The summed E-state index contributed by atoms with van der Waals surface area (Å²) in [4.78, 5) is 34.6. The maximum Gasteiger partial charge on any atom is 0.273 e. The lowest BCUT2D eigenvalue weighted by Gasteiger charge is -2.27. The van der Waals surface area contributed by atoms with E-state index in [1.54, 1.807) is 7.11 Å². The Balaban J connectivity index is 0.00000140. The first kappa shape index (κ1) is 22.2. The van der Waals surface area contributed by atoms with Gasteiger partial charge in [-0.05, 0) is 30.7 Å². The highest BCUT2D eigenvalue weighted by molar-refractivity contribution is 5.92. The van der Waals surface area contributed by atoms with Crippen molar-refractivity contribution in [3.8, 4) is 5.75 Å². The van der Waals surface area contributed by atoms with Crippen molar-refractivity contribution in [3.63, 3.8) is 0 Å². The standard InChI is InChI=1S/C19H22N4O3.2ClH/c1-22-9-13-10-23(19(25)16-7-21-17(24)8-20-16)11-15(13)18(22)12-3-5-14(26-2)6-4-12;;/h3-8,13,15,18H,9-11H2,1-2H3,(H,21,24);2*1H/t13-,15+,18-;;/m0../s1. The van der Waals surface area contributed by atoms with Gasteiger partial charge in [-0.2, -0.15) is 0 Å². The highest BCUT2D eigenvalue weighted by Gasteiger charge is 2.47. The number of fused-ring (bicyclic) bond motifs is 1. The molecule has 9 heteroatoms. The Morgan fingerprint density at radius 2 is 1.89 bits per heavy atom. The predicted molar refractivity (Wildman–Crippen MR) is 111 cm³/mol. The first-order valence-electron chi connectivity index (χ1n) is 8.75. The Morgan fingerprint density at radius 3 is 2.50 bits per heavy atom. The average molecular weight is 427 g/mol. The van der Waals surface area contributed by atoms with Crippen LogP contribution in [0, 0.1) is 11.8 Å². The molecule has 0 aliphatic carbocycles. The predicted octanol–water partition coefficient (Wildman–Crippen LogP) is 2.00. The van der Waals surface area contributed by atoms with Gasteiger partial charge in [-0.1, -0.05) is 12.1 Å². The third-order valence-electron chi connectivity index (χ3n) is 5.53. The molecule has 1 aromatic carbocycles. The van der Waals surface area contributed by atoms with Crippen LogP contribution in [0.3, 0.4) is 0 Å². The molecule has 3 heterocycles. The van der Waals surface area contributed by atoms with Crippen LogP contribution < -0.4 is 10.3 Å². The number of amides is 1. The van der Waals surface area contributed by atoms with Crippen LogP contribution in [-0.4, -0.2) is 59.5 Å². The smallest absolute Gasteiger partial charge is 0.273 e. The minimum absolute atomic E-state index is 0. The molecule has 2 aromatic rings. The number of benzene rings is 1. The third kappa shape index (κ3) is 4.01. The molecule has 0 saturated carbocycles. The third-order valence-corrected chi connectivity index (χ3v) is 5.53. The Hall–Kier alpha value is -2.09. The van der Waals surface area contributed by atoms with Gasteiger partial charge in [-0.25, -0.2) is 4.98 Å². The number of nitrogens with one attached hydrogen (secondary N) is 1. The Labute approximate surface area is 175 Å². The van der Waals surface area contributed by atoms with Crippen molar-refractivity contribution in [2.24, 2.45) is 11.8 Å². The van der Waals surface area contributed by atoms with Crippen molar-refractivity contribution in [3.05, 3.63) is 58.3 Å². The second-order valence-electron chi connectivity index (χ2n) is 7.09. The monoisotopic (exact) mass is 426 g/mol. The zero-order chi connectivity index (χ0) is 18.3. The van der Waals surface area contributed by atoms with E-state index in [9.17, 15) is 9.59 Å². The number of halogens is 2. The van der Waals surface area contributed by atoms with Crippen molar-refractivity contribution in [2.45, 2.75) is 6.04 Å². The molecule has 2 fully saturated rings. The summed E-state index contributed by atoms with van der Waals surface area (Å²) in [7, 11) is 3.81. The lowest BCUT2D eigenvalue weighted by molar-refractivity contribution is 0.0761. The minimum atomic E-state index is -0.305. The number of methoxy groups -OCH3 is 1. The maximum absolute atomic E-state index is 12.7. The molecule has 1 aromatic heterocycles. The molecule has 2 saturated heterocycles. The van der Waals surface area contributed by atoms with E-state index >= 15 is 0 Å². The summed E-state index contributed by atoms with van der Waals surface area (Å²) in [5.74, 6) is 1.56. The van der Waals surface area contributed by atoms with E-state index in [0.717, 1.165) is 25.0 Å². The van der Waals surface area contributed by atoms with E-state index in [4.69, 9.17) is 4.74 Å². The second-order valence-corrected chi connectivity index (χ2v) is 7.09. The molecule has 0 bridgehead atoms. The normalized spacial score (nSPS) is 23.5. The molecule has 2 aliphatic rings. The number of hydrogen-bond acceptors (Lipinski definition) is 5. The Morgan fingerprint density at radius 1 is 1.18 bits per heavy atom. The number of hydrogen-bond donors (Lipinski definition) is 1. The van der Waals surface area contributed by atoms with Crippen LogP contribution in [0.1, 0.15) is 22.1 Å². The van der Waals surface area contributed by atoms with E-state index < -0.39 is 0 Å². The van der Waals surface area contributed by atoms with Crippen molar-refractivity contribution in [1.82, 2.24) is 19.8 Å². The second kappa shape index (κ2) is 8.94. The summed E-state index contributed by atoms with van der Waals surface area (Å²) in [6.45, 7) is 2.39. The van der Waals surface area contributed by atoms with Gasteiger partial charge in [0.2, 0.25) is 0 Å². The summed E-state index contributed by atoms with van der Waals surface area (Å²) in [6, 6.07) is 8.47. The first-order valence-corrected chi connectivity index (χ1v) is 8.75. The van der Waals surface area contributed by atoms with Crippen LogP contribution in [-0.2, 0) is 0 Å². The molecule has 0 spiro atoms. The van der Waals surface area contributed by atoms with Crippen molar-refractivity contribution >= 4 is 30.7 Å². The van der Waals surface area contributed by atoms with Crippen molar-refractivity contribution < 1.29 is 9.53 Å². The summed E-state index contributed by atoms with van der Waals surface area (Å²) in [5, 5.41) is 0. The highest BCUT2D eigenvalue weighted by atomic mass is 35.5. The topological polar surface area (TPSA) is 78.5 Å². The number of ether oxygens (including phenoxy) is 1. The molecule has 7 nitrogen and oxygen atoms in total. The number of rotatable bonds is 3. The molecular weight excluding hydrogens is 403 g/mol. The molecule has 2 aliphatic heterocycles. The molecule has 1 N–H and O–H groups in total. The van der Waals surface area contributed by atoms with Gasteiger partial charge < -0.3 is 14.6 Å². The van der Waals surface area contributed by atoms with Gasteiger partial charge in [0.05, 0.1) is 13.3 Å². The van der Waals surface area contributed by atoms with Gasteiger partial charge >= 0.3 is 0 Å². The molecule has 3 atom stereocenters. The fourth-order valence-electron chi connectivity index (χ4n) is 4.35. The van der Waals surface area contributed by atoms with Gasteiger partial charge in [-0.15, -0.1) is 24.8 Å². The van der Waals surface area contributed by atoms with Crippen molar-refractivity contribution in [2.75, 3.05) is 33.8 Å². The molecule has 152 valence electrons. The van der Waals surface area contributed by atoms with Gasteiger partial charge in [0.15, 0.2) is 0 Å². The van der Waals surface area contributed by atoms with Gasteiger partial charge in [0.1, 0.15) is 11.4 Å². The number of likely N-dealkylation sites (tertiary alicyclic amines) is 2. The molecule has 0 radical (unpaired) electrons. The van der Waals surface area contributed by atoms with Gasteiger partial charge in [0, 0.05) is 37.8 Å². The molecule has 4 rings (SSSR count). The van der Waals surface area contributed by atoms with E-state index in [1.807, 2.05) is 17.0 Å². The summed E-state index contributed by atoms with van der Waals surface area (Å²) < 4.78 is 5.25. The average Bonchev–Trinajstić information content (AvgIpc) is 3.18. The summed E-state index contributed by atoms with van der Waals surface area (Å²) in [6.07, 6.45) is 2.55. The van der Waals surface area contributed by atoms with E-state index in [-0.39, 0.29) is 42.3 Å². The number of carbonyl (C=O) groups excluding carboxylic acids is 1. The lowest BCUT2D eigenvalue weighted by Crippen LogP contribution is -2.34. The number of aromatic nitrogens is 2. The largest absolute Gasteiger partial charge is 0.497 e. The van der Waals surface area contributed by atoms with Crippen LogP contribution in [0.5, 0.6) is 5.75 Å². The van der Waals surface area contributed by atoms with Crippen LogP contribution in [0.2, 0.25) is 0 Å². The summed E-state index contributed by atoms with van der Waals surface area (Å²) in [5.41, 5.74) is 1.23. The van der Waals surface area contributed by atoms with Crippen molar-refractivity contribution in [1.29, 1.82) is 0 Å². The van der Waals surface area contributed by atoms with Crippen LogP contribution in [0.15, 0.2) is 41.5 Å². The van der Waals surface area contributed by atoms with Gasteiger partial charge in [-0.3, -0.25) is 14.5 Å². The highest BCUT2D eigenvalue weighted by Crippen LogP contribution is 2.44. The SMILES string of the molecule is COc1ccc([C@H]2[C@@H]3CN(C(=O)c4c[nH]c(=O)cn4)C[C@@H]3CN2C)cc1.Cl.Cl. The number of aromatic amines is 1. The molecule has 1 amide bonds. The first-order chi connectivity index (χ1) is 12.6. The zero-order valence-corrected chi connectivity index (χ0v) is 17.3. The van der Waals surface area contributed by atoms with E-state index in [1.165, 1.54) is 11.8 Å². The Kier molecular flexibility index (Phi) is 7.09. The summed E-state index contributed by atoms with van der Waals surface area (Å²) >= 11 is 0. The lowest BCUT2D eigenvalue weighted by atomic mass is 9.89. The fraction of sp³-hybridized carbons (Fsp3) is 0.421. The molecule has 28 heavy (non-hydrogen) atoms. The number of carbonyl (C=O) groups is 1. The number of H-pyrrole nitrogens is 1. The zero-order valence-electron chi connectivity index (χ0n) is 15.7. The van der Waals surface area contributed by atoms with Crippen LogP contribution in [0.4, 0.5) is 0 Å². The molecular formula is C19H24Cl2N4O3. The van der Waals surface area contributed by atoms with E-state index in [0.29, 0.717) is 24.1 Å².